The van der Waals surface area contributed by atoms with Crippen LogP contribution in [0.5, 0.6) is 5.75 Å². The van der Waals surface area contributed by atoms with Gasteiger partial charge in [0.15, 0.2) is 0 Å². The van der Waals surface area contributed by atoms with E-state index in [1.165, 1.54) is 28.4 Å². The summed E-state index contributed by atoms with van der Waals surface area (Å²) in [5, 5.41) is 2.76. The van der Waals surface area contributed by atoms with Gasteiger partial charge in [-0.15, -0.1) is 34.9 Å². The van der Waals surface area contributed by atoms with Crippen LogP contribution in [0.2, 0.25) is 0 Å². The second kappa shape index (κ2) is 9.03. The molecule has 1 fully saturated rings. The molecule has 3 aromatic rings. The van der Waals surface area contributed by atoms with Crippen LogP contribution in [0, 0.1) is 0 Å². The van der Waals surface area contributed by atoms with E-state index in [4.69, 9.17) is 9.47 Å². The van der Waals surface area contributed by atoms with Crippen LogP contribution in [0.15, 0.2) is 53.9 Å². The van der Waals surface area contributed by atoms with E-state index in [9.17, 15) is 4.79 Å². The first-order valence-electron chi connectivity index (χ1n) is 8.82. The zero-order valence-corrected chi connectivity index (χ0v) is 17.7. The van der Waals surface area contributed by atoms with Gasteiger partial charge in [-0.1, -0.05) is 24.3 Å². The predicted molar refractivity (Wildman–Crippen MR) is 117 cm³/mol. The number of carbonyl (C=O) groups is 1. The molecule has 0 spiro atoms. The van der Waals surface area contributed by atoms with Crippen molar-refractivity contribution in [3.63, 3.8) is 0 Å². The number of hydrogen-bond donors (Lipinski definition) is 0. The van der Waals surface area contributed by atoms with Crippen molar-refractivity contribution in [2.45, 2.75) is 11.2 Å². The van der Waals surface area contributed by atoms with E-state index in [-0.39, 0.29) is 12.6 Å². The highest BCUT2D eigenvalue weighted by Crippen LogP contribution is 2.45. The first kappa shape index (κ1) is 19.4. The van der Waals surface area contributed by atoms with Crippen LogP contribution in [0.25, 0.3) is 10.6 Å². The summed E-state index contributed by atoms with van der Waals surface area (Å²) < 4.78 is 11.3. The Morgan fingerprint density at radius 1 is 1.11 bits per heavy atom. The summed E-state index contributed by atoms with van der Waals surface area (Å²) in [6.45, 7) is 0.153. The van der Waals surface area contributed by atoms with E-state index in [0.717, 1.165) is 22.0 Å². The molecular formula is C21H19NO3S3. The molecule has 1 aliphatic rings. The van der Waals surface area contributed by atoms with Gasteiger partial charge < -0.3 is 9.47 Å². The number of hydrogen-bond acceptors (Lipinski definition) is 7. The number of methoxy groups -OCH3 is 1. The molecule has 144 valence electrons. The van der Waals surface area contributed by atoms with Gasteiger partial charge in [0, 0.05) is 16.9 Å². The molecule has 0 N–H and O–H groups in total. The number of benzene rings is 2. The lowest BCUT2D eigenvalue weighted by molar-refractivity contribution is 0.0468. The van der Waals surface area contributed by atoms with Crippen molar-refractivity contribution in [1.29, 1.82) is 0 Å². The third-order valence-corrected chi connectivity index (χ3v) is 8.31. The lowest BCUT2D eigenvalue weighted by Gasteiger charge is -2.09. The fourth-order valence-corrected chi connectivity index (χ4v) is 6.56. The summed E-state index contributed by atoms with van der Waals surface area (Å²) in [5.74, 6) is 2.82. The normalized spacial score (nSPS) is 14.2. The fourth-order valence-electron chi connectivity index (χ4n) is 2.87. The van der Waals surface area contributed by atoms with Crippen molar-refractivity contribution in [2.24, 2.45) is 0 Å². The van der Waals surface area contributed by atoms with Gasteiger partial charge in [-0.3, -0.25) is 0 Å². The highest BCUT2D eigenvalue weighted by Gasteiger charge is 2.19. The van der Waals surface area contributed by atoms with Crippen LogP contribution in [0.3, 0.4) is 0 Å². The third-order valence-electron chi connectivity index (χ3n) is 4.28. The Morgan fingerprint density at radius 3 is 2.61 bits per heavy atom. The van der Waals surface area contributed by atoms with Crippen molar-refractivity contribution < 1.29 is 14.3 Å². The van der Waals surface area contributed by atoms with Crippen LogP contribution in [0.1, 0.15) is 26.2 Å². The lowest BCUT2D eigenvalue weighted by atomic mass is 10.1. The monoisotopic (exact) mass is 429 g/mol. The Bertz CT molecular complexity index is 950. The average Bonchev–Trinajstić information content (AvgIpc) is 3.44. The minimum absolute atomic E-state index is 0.153. The minimum atomic E-state index is -0.329. The molecule has 0 bridgehead atoms. The molecule has 0 saturated carbocycles. The second-order valence-electron chi connectivity index (χ2n) is 6.12. The number of rotatable bonds is 6. The maximum Gasteiger partial charge on any atom is 0.338 e. The van der Waals surface area contributed by atoms with Gasteiger partial charge in [0.05, 0.1) is 28.5 Å². The standard InChI is InChI=1S/C21H19NO3S3/c1-24-18-5-3-2-4-17(18)19-22-16(13-28-19)12-25-20(23)14-6-8-15(9-7-14)21-26-10-11-27-21/h2-9,13,21H,10-12H2,1H3. The maximum absolute atomic E-state index is 12.4. The van der Waals surface area contributed by atoms with Gasteiger partial charge in [0.2, 0.25) is 0 Å². The Kier molecular flexibility index (Phi) is 6.24. The number of thiazole rings is 1. The van der Waals surface area contributed by atoms with Crippen molar-refractivity contribution in [3.05, 3.63) is 70.7 Å². The minimum Gasteiger partial charge on any atom is -0.496 e. The number of aromatic nitrogens is 1. The average molecular weight is 430 g/mol. The van der Waals surface area contributed by atoms with Gasteiger partial charge in [0.25, 0.3) is 0 Å². The van der Waals surface area contributed by atoms with Crippen LogP contribution in [-0.2, 0) is 11.3 Å². The molecule has 1 saturated heterocycles. The number of carbonyl (C=O) groups excluding carboxylic acids is 1. The van der Waals surface area contributed by atoms with Gasteiger partial charge in [0.1, 0.15) is 17.4 Å². The Hall–Kier alpha value is -1.96. The van der Waals surface area contributed by atoms with Gasteiger partial charge in [-0.25, -0.2) is 9.78 Å². The van der Waals surface area contributed by atoms with E-state index in [2.05, 4.69) is 4.98 Å². The summed E-state index contributed by atoms with van der Waals surface area (Å²) in [6, 6.07) is 15.5. The SMILES string of the molecule is COc1ccccc1-c1nc(COC(=O)c2ccc(C3SCCS3)cc2)cs1. The maximum atomic E-state index is 12.4. The molecule has 0 atom stereocenters. The molecular weight excluding hydrogens is 410 g/mol. The second-order valence-corrected chi connectivity index (χ2v) is 9.70. The molecule has 0 amide bonds. The number of nitrogens with zero attached hydrogens (tertiary/aromatic N) is 1. The lowest BCUT2D eigenvalue weighted by Crippen LogP contribution is -2.05. The molecule has 0 aliphatic carbocycles. The van der Waals surface area contributed by atoms with Crippen LogP contribution < -0.4 is 4.74 Å². The highest BCUT2D eigenvalue weighted by molar-refractivity contribution is 8.19. The van der Waals surface area contributed by atoms with Gasteiger partial charge in [-0.2, -0.15) is 0 Å². The van der Waals surface area contributed by atoms with Crippen molar-refractivity contribution in [2.75, 3.05) is 18.6 Å². The number of para-hydroxylation sites is 1. The zero-order valence-electron chi connectivity index (χ0n) is 15.3. The Morgan fingerprint density at radius 2 is 1.86 bits per heavy atom. The first-order valence-corrected chi connectivity index (χ1v) is 11.8. The van der Waals surface area contributed by atoms with E-state index in [0.29, 0.717) is 10.1 Å². The Labute approximate surface area is 176 Å². The van der Waals surface area contributed by atoms with Crippen molar-refractivity contribution >= 4 is 40.8 Å². The number of thioether (sulfide) groups is 2. The molecule has 2 aromatic carbocycles. The van der Waals surface area contributed by atoms with Crippen molar-refractivity contribution in [3.8, 4) is 16.3 Å². The molecule has 7 heteroatoms. The van der Waals surface area contributed by atoms with E-state index < -0.39 is 0 Å². The van der Waals surface area contributed by atoms with Crippen LogP contribution >= 0.6 is 34.9 Å². The van der Waals surface area contributed by atoms with Crippen LogP contribution in [0.4, 0.5) is 0 Å². The summed E-state index contributed by atoms with van der Waals surface area (Å²) in [6.07, 6.45) is 0. The molecule has 0 unspecified atom stereocenters. The summed E-state index contributed by atoms with van der Waals surface area (Å²) in [5.41, 5.74) is 3.49. The molecule has 0 radical (unpaired) electrons. The first-order chi connectivity index (χ1) is 13.7. The third kappa shape index (κ3) is 4.37. The largest absolute Gasteiger partial charge is 0.496 e. The molecule has 4 nitrogen and oxygen atoms in total. The molecule has 4 rings (SSSR count). The molecule has 1 aliphatic heterocycles. The fraction of sp³-hybridized carbons (Fsp3) is 0.238. The summed E-state index contributed by atoms with van der Waals surface area (Å²) >= 11 is 5.41. The summed E-state index contributed by atoms with van der Waals surface area (Å²) in [4.78, 5) is 16.9. The smallest absolute Gasteiger partial charge is 0.338 e. The molecule has 28 heavy (non-hydrogen) atoms. The van der Waals surface area contributed by atoms with Crippen molar-refractivity contribution in [1.82, 2.24) is 4.98 Å². The Balaban J connectivity index is 1.38. The van der Waals surface area contributed by atoms with Crippen LogP contribution in [-0.4, -0.2) is 29.6 Å². The number of ether oxygens (including phenoxy) is 2. The molecule has 1 aromatic heterocycles. The topological polar surface area (TPSA) is 48.4 Å². The van der Waals surface area contributed by atoms with Gasteiger partial charge in [-0.05, 0) is 29.8 Å². The number of esters is 1. The van der Waals surface area contributed by atoms with Gasteiger partial charge >= 0.3 is 5.97 Å². The zero-order chi connectivity index (χ0) is 19.3. The van der Waals surface area contributed by atoms with E-state index in [1.807, 2.05) is 77.4 Å². The summed E-state index contributed by atoms with van der Waals surface area (Å²) in [7, 11) is 1.64. The highest BCUT2D eigenvalue weighted by atomic mass is 32.2. The quantitative estimate of drug-likeness (QED) is 0.472. The van der Waals surface area contributed by atoms with E-state index >= 15 is 0 Å². The predicted octanol–water partition coefficient (Wildman–Crippen LogP) is 5.65. The molecule has 2 heterocycles. The van der Waals surface area contributed by atoms with E-state index in [1.54, 1.807) is 7.11 Å².